The van der Waals surface area contributed by atoms with Crippen LogP contribution in [-0.4, -0.2) is 59.5 Å². The number of carbonyl (C=O) groups is 1. The fourth-order valence-corrected chi connectivity index (χ4v) is 4.34. The van der Waals surface area contributed by atoms with Crippen molar-refractivity contribution in [2.24, 2.45) is 0 Å². The maximum atomic E-state index is 12.7. The normalized spacial score (nSPS) is 15.4. The lowest BCUT2D eigenvalue weighted by molar-refractivity contribution is 0.102. The maximum absolute atomic E-state index is 12.7. The molecule has 2 aromatic carbocycles. The van der Waals surface area contributed by atoms with Crippen molar-refractivity contribution in [1.82, 2.24) is 9.62 Å². The Morgan fingerprint density at radius 3 is 2.31 bits per heavy atom. The van der Waals surface area contributed by atoms with Crippen LogP contribution in [0.2, 0.25) is 10.0 Å². The molecule has 1 aliphatic rings. The summed E-state index contributed by atoms with van der Waals surface area (Å²) in [6.07, 6.45) is 0. The second-order valence-corrected chi connectivity index (χ2v) is 9.43. The van der Waals surface area contributed by atoms with Crippen LogP contribution in [-0.2, 0) is 10.0 Å². The summed E-state index contributed by atoms with van der Waals surface area (Å²) in [5, 5.41) is 3.40. The Balaban J connectivity index is 1.93. The number of likely N-dealkylation sites (N-methyl/N-ethyl adjacent to an activating group) is 1. The van der Waals surface area contributed by atoms with Gasteiger partial charge in [0.25, 0.3) is 5.91 Å². The molecule has 2 aromatic rings. The van der Waals surface area contributed by atoms with Gasteiger partial charge in [-0.05, 0) is 50.5 Å². The number of halogens is 2. The lowest BCUT2D eigenvalue weighted by atomic mass is 10.1. The molecule has 7 nitrogen and oxygen atoms in total. The number of benzene rings is 2. The molecule has 0 saturated carbocycles. The van der Waals surface area contributed by atoms with Gasteiger partial charge in [-0.25, -0.2) is 13.1 Å². The first kappa shape index (κ1) is 21.9. The predicted octanol–water partition coefficient (Wildman–Crippen LogP) is 2.91. The zero-order chi connectivity index (χ0) is 21.2. The molecule has 0 radical (unpaired) electrons. The van der Waals surface area contributed by atoms with Crippen molar-refractivity contribution in [3.8, 4) is 0 Å². The van der Waals surface area contributed by atoms with Crippen molar-refractivity contribution in [2.45, 2.75) is 4.90 Å². The molecule has 0 spiro atoms. The minimum Gasteiger partial charge on any atom is -0.368 e. The highest BCUT2D eigenvalue weighted by atomic mass is 35.5. The fourth-order valence-electron chi connectivity index (χ4n) is 3.07. The zero-order valence-corrected chi connectivity index (χ0v) is 18.4. The van der Waals surface area contributed by atoms with Crippen molar-refractivity contribution in [3.63, 3.8) is 0 Å². The number of hydrogen-bond donors (Lipinski definition) is 2. The largest absolute Gasteiger partial charge is 0.368 e. The summed E-state index contributed by atoms with van der Waals surface area (Å²) in [5.41, 5.74) is 1.27. The number of rotatable bonds is 5. The molecule has 0 bridgehead atoms. The van der Waals surface area contributed by atoms with Crippen molar-refractivity contribution in [2.75, 3.05) is 50.5 Å². The molecular weight excluding hydrogens is 435 g/mol. The van der Waals surface area contributed by atoms with Gasteiger partial charge in [0.15, 0.2) is 0 Å². The third kappa shape index (κ3) is 5.02. The number of carbonyl (C=O) groups excluding carboxylic acids is 1. The number of hydrogen-bond acceptors (Lipinski definition) is 5. The number of nitrogens with zero attached hydrogens (tertiary/aromatic N) is 2. The Morgan fingerprint density at radius 2 is 1.69 bits per heavy atom. The van der Waals surface area contributed by atoms with E-state index in [1.54, 1.807) is 24.3 Å². The minimum atomic E-state index is -3.76. The van der Waals surface area contributed by atoms with Gasteiger partial charge in [0.1, 0.15) is 4.90 Å². The van der Waals surface area contributed by atoms with E-state index >= 15 is 0 Å². The van der Waals surface area contributed by atoms with Crippen molar-refractivity contribution < 1.29 is 13.2 Å². The van der Waals surface area contributed by atoms with Crippen LogP contribution in [0, 0.1) is 0 Å². The number of sulfonamides is 1. The molecule has 1 aliphatic heterocycles. The second kappa shape index (κ2) is 8.89. The van der Waals surface area contributed by atoms with Gasteiger partial charge in [0.2, 0.25) is 10.0 Å². The van der Waals surface area contributed by atoms with E-state index in [0.29, 0.717) is 34.5 Å². The highest BCUT2D eigenvalue weighted by molar-refractivity contribution is 7.89. The van der Waals surface area contributed by atoms with E-state index in [2.05, 4.69) is 14.9 Å². The van der Waals surface area contributed by atoms with E-state index in [-0.39, 0.29) is 10.5 Å². The average Bonchev–Trinajstić information content (AvgIpc) is 2.71. The highest BCUT2D eigenvalue weighted by Crippen LogP contribution is 2.29. The fraction of sp³-hybridized carbons (Fsp3) is 0.316. The maximum Gasteiger partial charge on any atom is 0.255 e. The van der Waals surface area contributed by atoms with Crippen LogP contribution in [0.15, 0.2) is 41.3 Å². The predicted molar refractivity (Wildman–Crippen MR) is 117 cm³/mol. The quantitative estimate of drug-likeness (QED) is 0.722. The van der Waals surface area contributed by atoms with Crippen LogP contribution < -0.4 is 14.9 Å². The second-order valence-electron chi connectivity index (χ2n) is 6.76. The highest BCUT2D eigenvalue weighted by Gasteiger charge is 2.24. The SMILES string of the molecule is CNS(=O)(=O)c1cc(C(=O)Nc2ccc(Cl)c(Cl)c2)ccc1N1CCN(C)CC1. The van der Waals surface area contributed by atoms with Crippen LogP contribution in [0.1, 0.15) is 10.4 Å². The molecule has 10 heteroatoms. The Morgan fingerprint density at radius 1 is 1.00 bits per heavy atom. The zero-order valence-electron chi connectivity index (χ0n) is 16.1. The Hall–Kier alpha value is -1.84. The van der Waals surface area contributed by atoms with Gasteiger partial charge in [0.05, 0.1) is 15.7 Å². The summed E-state index contributed by atoms with van der Waals surface area (Å²) < 4.78 is 27.6. The van der Waals surface area contributed by atoms with Crippen LogP contribution >= 0.6 is 23.2 Å². The number of amides is 1. The van der Waals surface area contributed by atoms with Gasteiger partial charge in [-0.2, -0.15) is 0 Å². The van der Waals surface area contributed by atoms with Gasteiger partial charge < -0.3 is 15.1 Å². The molecular formula is C19H22Cl2N4O3S. The van der Waals surface area contributed by atoms with Gasteiger partial charge in [-0.3, -0.25) is 4.79 Å². The van der Waals surface area contributed by atoms with Gasteiger partial charge in [-0.15, -0.1) is 0 Å². The monoisotopic (exact) mass is 456 g/mol. The minimum absolute atomic E-state index is 0.0753. The molecule has 1 heterocycles. The Labute approximate surface area is 180 Å². The van der Waals surface area contributed by atoms with Crippen LogP contribution in [0.5, 0.6) is 0 Å². The lowest BCUT2D eigenvalue weighted by Gasteiger charge is -2.35. The summed E-state index contributed by atoms with van der Waals surface area (Å²) >= 11 is 11.9. The van der Waals surface area contributed by atoms with E-state index in [1.807, 2.05) is 11.9 Å². The summed E-state index contributed by atoms with van der Waals surface area (Å²) in [6.45, 7) is 3.08. The van der Waals surface area contributed by atoms with Crippen molar-refractivity contribution in [1.29, 1.82) is 0 Å². The van der Waals surface area contributed by atoms with E-state index < -0.39 is 15.9 Å². The third-order valence-electron chi connectivity index (χ3n) is 4.80. The number of nitrogens with one attached hydrogen (secondary N) is 2. The topological polar surface area (TPSA) is 81.7 Å². The first-order valence-corrected chi connectivity index (χ1v) is 11.2. The van der Waals surface area contributed by atoms with Crippen LogP contribution in [0.25, 0.3) is 0 Å². The van der Waals surface area contributed by atoms with Crippen LogP contribution in [0.3, 0.4) is 0 Å². The molecule has 0 atom stereocenters. The molecule has 3 rings (SSSR count). The first-order chi connectivity index (χ1) is 13.7. The lowest BCUT2D eigenvalue weighted by Crippen LogP contribution is -2.45. The van der Waals surface area contributed by atoms with Gasteiger partial charge in [0, 0.05) is 37.4 Å². The smallest absolute Gasteiger partial charge is 0.255 e. The molecule has 1 amide bonds. The molecule has 0 aromatic heterocycles. The number of piperazine rings is 1. The van der Waals surface area contributed by atoms with Crippen molar-refractivity contribution in [3.05, 3.63) is 52.0 Å². The number of anilines is 2. The summed E-state index contributed by atoms with van der Waals surface area (Å²) in [7, 11) is -0.377. The third-order valence-corrected chi connectivity index (χ3v) is 6.98. The molecule has 156 valence electrons. The summed E-state index contributed by atoms with van der Waals surface area (Å²) in [5.74, 6) is -0.444. The summed E-state index contributed by atoms with van der Waals surface area (Å²) in [4.78, 5) is 17.0. The molecule has 1 saturated heterocycles. The first-order valence-electron chi connectivity index (χ1n) is 8.99. The molecule has 2 N–H and O–H groups in total. The van der Waals surface area contributed by atoms with E-state index in [1.165, 1.54) is 19.2 Å². The Bertz CT molecular complexity index is 1020. The van der Waals surface area contributed by atoms with Gasteiger partial charge in [-0.1, -0.05) is 23.2 Å². The standard InChI is InChI=1S/C19H22Cl2N4O3S/c1-22-29(27,28)18-11-13(3-6-17(18)25-9-7-24(2)8-10-25)19(26)23-14-4-5-15(20)16(21)12-14/h3-6,11-12,22H,7-10H2,1-2H3,(H,23,26). The van der Waals surface area contributed by atoms with E-state index in [0.717, 1.165) is 13.1 Å². The molecule has 29 heavy (non-hydrogen) atoms. The summed E-state index contributed by atoms with van der Waals surface area (Å²) in [6, 6.07) is 9.43. The average molecular weight is 457 g/mol. The van der Waals surface area contributed by atoms with E-state index in [4.69, 9.17) is 23.2 Å². The van der Waals surface area contributed by atoms with E-state index in [9.17, 15) is 13.2 Å². The van der Waals surface area contributed by atoms with Crippen molar-refractivity contribution >= 4 is 50.5 Å². The molecule has 0 aliphatic carbocycles. The molecule has 0 unspecified atom stereocenters. The van der Waals surface area contributed by atoms with Crippen LogP contribution in [0.4, 0.5) is 11.4 Å². The Kier molecular flexibility index (Phi) is 6.70. The molecule has 1 fully saturated rings. The van der Waals surface area contributed by atoms with Gasteiger partial charge >= 0.3 is 0 Å².